The highest BCUT2D eigenvalue weighted by Crippen LogP contribution is 2.17. The van der Waals surface area contributed by atoms with Crippen LogP contribution >= 0.6 is 11.3 Å². The topological polar surface area (TPSA) is 92.6 Å². The van der Waals surface area contributed by atoms with Crippen LogP contribution in [0.3, 0.4) is 0 Å². The first-order valence-corrected chi connectivity index (χ1v) is 6.48. The molecule has 0 aromatic carbocycles. The Bertz CT molecular complexity index is 833. The molecule has 20 heavy (non-hydrogen) atoms. The van der Waals surface area contributed by atoms with Gasteiger partial charge in [-0.25, -0.2) is 14.8 Å². The highest BCUT2D eigenvalue weighted by Gasteiger charge is 2.16. The van der Waals surface area contributed by atoms with E-state index in [1.54, 1.807) is 23.3 Å². The van der Waals surface area contributed by atoms with E-state index in [1.165, 1.54) is 18.4 Å². The molecule has 0 bridgehead atoms. The van der Waals surface area contributed by atoms with Gasteiger partial charge < -0.3 is 9.30 Å². The van der Waals surface area contributed by atoms with Gasteiger partial charge in [0.05, 0.1) is 7.70 Å². The Kier molecular flexibility index (Phi) is 2.77. The molecule has 0 N–H and O–H groups in total. The first-order valence-electron chi connectivity index (χ1n) is 6.11. The number of tetrazole rings is 1. The van der Waals surface area contributed by atoms with Crippen molar-refractivity contribution in [1.82, 2.24) is 34.3 Å². The third-order valence-corrected chi connectivity index (χ3v) is 3.29. The molecule has 0 radical (unpaired) electrons. The van der Waals surface area contributed by atoms with E-state index in [0.29, 0.717) is 16.7 Å². The lowest BCUT2D eigenvalue weighted by Gasteiger charge is -2.05. The molecule has 0 atom stereocenters. The van der Waals surface area contributed by atoms with Gasteiger partial charge in [0.25, 0.3) is 5.19 Å². The lowest BCUT2D eigenvalue weighted by atomic mass is 10.4. The number of thiazole rings is 1. The minimum absolute atomic E-state index is 0.155. The van der Waals surface area contributed by atoms with Crippen LogP contribution in [0.5, 0.6) is 5.19 Å². The van der Waals surface area contributed by atoms with Crippen molar-refractivity contribution in [2.45, 2.75) is 6.61 Å². The van der Waals surface area contributed by atoms with Crippen molar-refractivity contribution in [3.05, 3.63) is 34.1 Å². The lowest BCUT2D eigenvalue weighted by molar-refractivity contribution is 0.295. The van der Waals surface area contributed by atoms with Crippen molar-refractivity contribution in [3.63, 3.8) is 0 Å². The molecule has 0 aliphatic carbocycles. The molecule has 0 unspecified atom stereocenters. The Morgan fingerprint density at radius 1 is 1.40 bits per heavy atom. The molecule has 10 heteroatoms. The third kappa shape index (κ3) is 2.09. The van der Waals surface area contributed by atoms with Crippen LogP contribution in [0.1, 0.15) is 7.06 Å². The van der Waals surface area contributed by atoms with E-state index < -0.39 is 5.69 Å². The SMILES string of the molecule is [3H]c1csc(OCc2c(-n3nnn(C)c3=O)ncn2C)n1. The van der Waals surface area contributed by atoms with Crippen molar-refractivity contribution >= 4 is 11.3 Å². The summed E-state index contributed by atoms with van der Waals surface area (Å²) in [7, 11) is 3.30. The molecule has 3 rings (SSSR count). The summed E-state index contributed by atoms with van der Waals surface area (Å²) in [6.07, 6.45) is 1.72. The largest absolute Gasteiger partial charge is 0.463 e. The number of aromatic nitrogens is 7. The maximum Gasteiger partial charge on any atom is 0.369 e. The molecule has 104 valence electrons. The van der Waals surface area contributed by atoms with E-state index in [2.05, 4.69) is 20.4 Å². The van der Waals surface area contributed by atoms with E-state index in [-0.39, 0.29) is 12.8 Å². The quantitative estimate of drug-likeness (QED) is 0.658. The first kappa shape index (κ1) is 11.3. The van der Waals surface area contributed by atoms with Crippen LogP contribution in [-0.4, -0.2) is 34.3 Å². The molecule has 0 saturated heterocycles. The van der Waals surface area contributed by atoms with Crippen LogP contribution in [0.4, 0.5) is 0 Å². The second-order valence-electron chi connectivity index (χ2n) is 3.95. The molecular weight excluding hydrogens is 282 g/mol. The number of nitrogens with zero attached hydrogens (tertiary/aromatic N) is 7. The first-order chi connectivity index (χ1) is 10.1. The van der Waals surface area contributed by atoms with Crippen molar-refractivity contribution < 1.29 is 6.11 Å². The zero-order valence-corrected chi connectivity index (χ0v) is 11.5. The molecule has 0 aliphatic rings. The smallest absolute Gasteiger partial charge is 0.369 e. The number of hydrogen-bond donors (Lipinski definition) is 0. The predicted octanol–water partition coefficient (Wildman–Crippen LogP) is -0.265. The maximum absolute atomic E-state index is 11.9. The van der Waals surface area contributed by atoms with E-state index in [9.17, 15) is 4.79 Å². The van der Waals surface area contributed by atoms with Gasteiger partial charge in [-0.15, -0.1) is 4.68 Å². The molecule has 3 aromatic heterocycles. The highest BCUT2D eigenvalue weighted by atomic mass is 32.1. The zero-order valence-electron chi connectivity index (χ0n) is 11.7. The number of hydrogen-bond acceptors (Lipinski definition) is 7. The van der Waals surface area contributed by atoms with Crippen molar-refractivity contribution in [3.8, 4) is 11.0 Å². The summed E-state index contributed by atoms with van der Waals surface area (Å²) in [4.78, 5) is 19.9. The average Bonchev–Trinajstić information content (AvgIpc) is 3.11. The Morgan fingerprint density at radius 3 is 2.90 bits per heavy atom. The van der Waals surface area contributed by atoms with Gasteiger partial charge in [-0.2, -0.15) is 4.68 Å². The van der Waals surface area contributed by atoms with E-state index in [4.69, 9.17) is 6.11 Å². The highest BCUT2D eigenvalue weighted by molar-refractivity contribution is 7.11. The van der Waals surface area contributed by atoms with Gasteiger partial charge in [0.2, 0.25) is 0 Å². The average molecular weight is 295 g/mol. The monoisotopic (exact) mass is 295 g/mol. The minimum atomic E-state index is -0.391. The summed E-state index contributed by atoms with van der Waals surface area (Å²) < 4.78 is 16.8. The summed E-state index contributed by atoms with van der Waals surface area (Å²) in [6, 6.07) is 0. The molecular formula is C10H11N7O2S. The van der Waals surface area contributed by atoms with E-state index in [1.807, 2.05) is 0 Å². The molecule has 0 saturated carbocycles. The lowest BCUT2D eigenvalue weighted by Crippen LogP contribution is -2.23. The summed E-state index contributed by atoms with van der Waals surface area (Å²) >= 11 is 1.24. The van der Waals surface area contributed by atoms with E-state index in [0.717, 1.165) is 9.36 Å². The molecule has 0 spiro atoms. The van der Waals surface area contributed by atoms with Gasteiger partial charge in [-0.05, 0) is 10.4 Å². The van der Waals surface area contributed by atoms with Crippen molar-refractivity contribution in [2.75, 3.05) is 0 Å². The van der Waals surface area contributed by atoms with Crippen LogP contribution in [0, 0.1) is 0 Å². The van der Waals surface area contributed by atoms with Crippen LogP contribution in [0.15, 0.2) is 22.7 Å². The predicted molar refractivity (Wildman–Crippen MR) is 69.8 cm³/mol. The standard InChI is InChI=1S/C10H11N7O2S/c1-15-6-12-8(17-10(18)16(2)13-14-17)7(15)5-19-9-11-3-4-20-9/h3-4,6H,5H2,1-2H3/i3T. The number of imidazole rings is 1. The number of ether oxygens (including phenoxy) is 1. The Morgan fingerprint density at radius 2 is 2.25 bits per heavy atom. The zero-order chi connectivity index (χ0) is 15.0. The van der Waals surface area contributed by atoms with Crippen LogP contribution in [0.25, 0.3) is 5.82 Å². The molecule has 3 heterocycles. The molecule has 0 aliphatic heterocycles. The summed E-state index contributed by atoms with van der Waals surface area (Å²) in [5.41, 5.74) is 0.261. The summed E-state index contributed by atoms with van der Waals surface area (Å²) in [6.45, 7) is 0.155. The molecule has 9 nitrogen and oxygen atoms in total. The Hall–Kier alpha value is -2.49. The second-order valence-corrected chi connectivity index (χ2v) is 4.77. The van der Waals surface area contributed by atoms with Gasteiger partial charge in [-0.1, -0.05) is 11.3 Å². The van der Waals surface area contributed by atoms with Crippen molar-refractivity contribution in [2.24, 2.45) is 14.1 Å². The van der Waals surface area contributed by atoms with Crippen LogP contribution in [-0.2, 0) is 20.7 Å². The fourth-order valence-electron chi connectivity index (χ4n) is 1.61. The Labute approximate surface area is 118 Å². The molecule has 0 fully saturated rings. The summed E-state index contributed by atoms with van der Waals surface area (Å²) in [5.74, 6) is 0.359. The van der Waals surface area contributed by atoms with Gasteiger partial charge >= 0.3 is 5.69 Å². The normalized spacial score (nSPS) is 11.6. The maximum atomic E-state index is 11.9. The van der Waals surface area contributed by atoms with Gasteiger partial charge in [0, 0.05) is 25.6 Å². The van der Waals surface area contributed by atoms with Crippen molar-refractivity contribution in [1.29, 1.82) is 0 Å². The fourth-order valence-corrected chi connectivity index (χ4v) is 2.05. The molecule has 0 amide bonds. The van der Waals surface area contributed by atoms with Gasteiger partial charge in [-0.3, -0.25) is 0 Å². The van der Waals surface area contributed by atoms with Gasteiger partial charge in [0.1, 0.15) is 12.3 Å². The number of rotatable bonds is 4. The second kappa shape index (κ2) is 4.89. The number of aryl methyl sites for hydroxylation is 2. The minimum Gasteiger partial charge on any atom is -0.463 e. The Balaban J connectivity index is 1.90. The van der Waals surface area contributed by atoms with E-state index >= 15 is 0 Å². The van der Waals surface area contributed by atoms with Crippen LogP contribution < -0.4 is 10.4 Å². The fraction of sp³-hybridized carbons (Fsp3) is 0.300. The van der Waals surface area contributed by atoms with Crippen LogP contribution in [0.2, 0.25) is 0 Å². The van der Waals surface area contributed by atoms with Gasteiger partial charge in [0.15, 0.2) is 5.82 Å². The summed E-state index contributed by atoms with van der Waals surface area (Å²) in [5, 5.41) is 9.38. The third-order valence-electron chi connectivity index (χ3n) is 2.66. The molecule has 3 aromatic rings.